The standard InChI is InChI=1S/C12H18.Ru.2H/c1-7-8(2)10(4)12(6)11(5)9(7)3;;;/h1-6H3;;;/q;+2;2*-1. The fourth-order valence-corrected chi connectivity index (χ4v) is 1.69. The minimum Gasteiger partial charge on any atom is -1.00 e. The van der Waals surface area contributed by atoms with Crippen LogP contribution in [0.5, 0.6) is 0 Å². The maximum atomic E-state index is 2.21. The molecule has 0 heterocycles. The molecule has 0 amide bonds. The summed E-state index contributed by atoms with van der Waals surface area (Å²) in [4.78, 5) is 0. The molecule has 0 spiro atoms. The molecule has 0 N–H and O–H groups in total. The van der Waals surface area contributed by atoms with Gasteiger partial charge in [0.1, 0.15) is 0 Å². The van der Waals surface area contributed by atoms with Crippen LogP contribution in [0.15, 0.2) is 0 Å². The van der Waals surface area contributed by atoms with Gasteiger partial charge < -0.3 is 2.85 Å². The van der Waals surface area contributed by atoms with Gasteiger partial charge in [0.2, 0.25) is 0 Å². The summed E-state index contributed by atoms with van der Waals surface area (Å²) in [6.07, 6.45) is 0. The summed E-state index contributed by atoms with van der Waals surface area (Å²) in [6.45, 7) is 13.3. The molecule has 1 aromatic rings. The largest absolute Gasteiger partial charge is 2.00 e. The number of rotatable bonds is 0. The van der Waals surface area contributed by atoms with Gasteiger partial charge in [0, 0.05) is 0 Å². The van der Waals surface area contributed by atoms with Crippen molar-refractivity contribution in [2.24, 2.45) is 0 Å². The van der Waals surface area contributed by atoms with E-state index in [1.54, 1.807) is 0 Å². The quantitative estimate of drug-likeness (QED) is 0.627. The zero-order chi connectivity index (χ0) is 9.46. The van der Waals surface area contributed by atoms with Crippen molar-refractivity contribution < 1.29 is 22.3 Å². The van der Waals surface area contributed by atoms with Crippen molar-refractivity contribution in [3.63, 3.8) is 0 Å². The predicted molar refractivity (Wildman–Crippen MR) is 57.1 cm³/mol. The molecular formula is C12H20Ru. The van der Waals surface area contributed by atoms with Crippen molar-refractivity contribution in [3.8, 4) is 0 Å². The van der Waals surface area contributed by atoms with E-state index in [0.29, 0.717) is 0 Å². The van der Waals surface area contributed by atoms with Crippen LogP contribution in [0.3, 0.4) is 0 Å². The first kappa shape index (κ1) is 12.8. The Labute approximate surface area is 97.5 Å². The molecule has 0 aliphatic heterocycles. The molecule has 0 saturated heterocycles. The van der Waals surface area contributed by atoms with Crippen LogP contribution in [-0.2, 0) is 19.5 Å². The minimum absolute atomic E-state index is 0. The van der Waals surface area contributed by atoms with Crippen LogP contribution in [0.4, 0.5) is 0 Å². The molecular weight excluding hydrogens is 245 g/mol. The Hall–Kier alpha value is -0.157. The average molecular weight is 265 g/mol. The van der Waals surface area contributed by atoms with Crippen LogP contribution in [-0.4, -0.2) is 0 Å². The Morgan fingerprint density at radius 3 is 0.615 bits per heavy atom. The van der Waals surface area contributed by atoms with Crippen molar-refractivity contribution in [2.45, 2.75) is 41.5 Å². The van der Waals surface area contributed by atoms with Gasteiger partial charge in [0.25, 0.3) is 0 Å². The van der Waals surface area contributed by atoms with Gasteiger partial charge in [-0.3, -0.25) is 0 Å². The SMILES string of the molecule is Cc1c(C)c(C)c(C)c(C)c1C.[H-].[H-].[Ru+2]. The molecule has 76 valence electrons. The summed E-state index contributed by atoms with van der Waals surface area (Å²) in [5.41, 5.74) is 8.73. The summed E-state index contributed by atoms with van der Waals surface area (Å²) in [6, 6.07) is 0. The molecule has 1 heteroatoms. The Bertz CT molecular complexity index is 228. The molecule has 0 radical (unpaired) electrons. The van der Waals surface area contributed by atoms with E-state index in [-0.39, 0.29) is 22.3 Å². The number of hydrogen-bond acceptors (Lipinski definition) is 0. The Balaban J connectivity index is -0.000000480. The monoisotopic (exact) mass is 266 g/mol. The fourth-order valence-electron chi connectivity index (χ4n) is 1.69. The molecule has 0 unspecified atom stereocenters. The van der Waals surface area contributed by atoms with E-state index in [1.807, 2.05) is 0 Å². The second kappa shape index (κ2) is 4.37. The molecule has 1 aromatic carbocycles. The summed E-state index contributed by atoms with van der Waals surface area (Å²) in [5, 5.41) is 0. The van der Waals surface area contributed by atoms with Gasteiger partial charge in [-0.2, -0.15) is 0 Å². The first-order valence-corrected chi connectivity index (χ1v) is 4.50. The molecule has 0 bridgehead atoms. The zero-order valence-corrected chi connectivity index (χ0v) is 11.1. The van der Waals surface area contributed by atoms with Gasteiger partial charge in [-0.25, -0.2) is 0 Å². The van der Waals surface area contributed by atoms with Crippen molar-refractivity contribution in [1.82, 2.24) is 0 Å². The third-order valence-electron chi connectivity index (χ3n) is 3.38. The van der Waals surface area contributed by atoms with E-state index in [4.69, 9.17) is 0 Å². The average Bonchev–Trinajstić information content (AvgIpc) is 2.08. The van der Waals surface area contributed by atoms with Crippen LogP contribution in [0, 0.1) is 41.5 Å². The minimum atomic E-state index is 0. The molecule has 1 rings (SSSR count). The molecule has 0 aliphatic carbocycles. The van der Waals surface area contributed by atoms with Crippen LogP contribution < -0.4 is 0 Å². The van der Waals surface area contributed by atoms with Crippen molar-refractivity contribution in [1.29, 1.82) is 0 Å². The van der Waals surface area contributed by atoms with Gasteiger partial charge in [0.15, 0.2) is 0 Å². The second-order valence-corrected chi connectivity index (χ2v) is 3.75. The van der Waals surface area contributed by atoms with E-state index in [2.05, 4.69) is 41.5 Å². The Morgan fingerprint density at radius 1 is 0.462 bits per heavy atom. The zero-order valence-electron chi connectivity index (χ0n) is 11.4. The number of hydrogen-bond donors (Lipinski definition) is 0. The molecule has 0 saturated carbocycles. The molecule has 0 atom stereocenters. The van der Waals surface area contributed by atoms with Gasteiger partial charge in [-0.1, -0.05) is 0 Å². The van der Waals surface area contributed by atoms with Crippen molar-refractivity contribution in [3.05, 3.63) is 33.4 Å². The third-order valence-corrected chi connectivity index (χ3v) is 3.38. The summed E-state index contributed by atoms with van der Waals surface area (Å²) >= 11 is 0. The van der Waals surface area contributed by atoms with E-state index in [1.165, 1.54) is 33.4 Å². The van der Waals surface area contributed by atoms with Crippen molar-refractivity contribution in [2.75, 3.05) is 0 Å². The van der Waals surface area contributed by atoms with E-state index in [9.17, 15) is 0 Å². The molecule has 13 heavy (non-hydrogen) atoms. The summed E-state index contributed by atoms with van der Waals surface area (Å²) in [7, 11) is 0. The first-order chi connectivity index (χ1) is 5.46. The number of benzene rings is 1. The van der Waals surface area contributed by atoms with Crippen LogP contribution in [0.25, 0.3) is 0 Å². The molecule has 0 nitrogen and oxygen atoms in total. The third kappa shape index (κ3) is 2.02. The maximum absolute atomic E-state index is 2.21. The van der Waals surface area contributed by atoms with Crippen molar-refractivity contribution >= 4 is 0 Å². The van der Waals surface area contributed by atoms with E-state index in [0.717, 1.165) is 0 Å². The van der Waals surface area contributed by atoms with Gasteiger partial charge in [-0.05, 0) is 74.9 Å². The molecule has 0 fully saturated rings. The van der Waals surface area contributed by atoms with Gasteiger partial charge in [-0.15, -0.1) is 0 Å². The Morgan fingerprint density at radius 2 is 0.538 bits per heavy atom. The first-order valence-electron chi connectivity index (χ1n) is 4.50. The normalized spacial score (nSPS) is 9.69. The topological polar surface area (TPSA) is 0 Å². The maximum Gasteiger partial charge on any atom is 2.00 e. The van der Waals surface area contributed by atoms with Gasteiger partial charge >= 0.3 is 19.5 Å². The van der Waals surface area contributed by atoms with E-state index < -0.39 is 0 Å². The fraction of sp³-hybridized carbons (Fsp3) is 0.500. The smallest absolute Gasteiger partial charge is 1.00 e. The van der Waals surface area contributed by atoms with Crippen LogP contribution >= 0.6 is 0 Å². The molecule has 0 aromatic heterocycles. The molecule has 0 aliphatic rings. The van der Waals surface area contributed by atoms with E-state index >= 15 is 0 Å². The predicted octanol–water partition coefficient (Wildman–Crippen LogP) is 3.76. The van der Waals surface area contributed by atoms with Gasteiger partial charge in [0.05, 0.1) is 0 Å². The Kier molecular flexibility index (Phi) is 4.32. The summed E-state index contributed by atoms with van der Waals surface area (Å²) < 4.78 is 0. The summed E-state index contributed by atoms with van der Waals surface area (Å²) in [5.74, 6) is 0. The van der Waals surface area contributed by atoms with Crippen LogP contribution in [0.1, 0.15) is 36.2 Å². The van der Waals surface area contributed by atoms with Crippen LogP contribution in [0.2, 0.25) is 0 Å². The second-order valence-electron chi connectivity index (χ2n) is 3.75.